The Morgan fingerprint density at radius 1 is 0.409 bits per heavy atom. The number of esters is 1. The van der Waals surface area contributed by atoms with Crippen LogP contribution in [0, 0.1) is 50.2 Å². The molecule has 1 aromatic rings. The molecule has 20 nitrogen and oxygen atoms in total. The van der Waals surface area contributed by atoms with Gasteiger partial charge in [-0.2, -0.15) is 0 Å². The van der Waals surface area contributed by atoms with Gasteiger partial charge in [0.15, 0.2) is 99.8 Å². The maximum absolute atomic E-state index is 16.9. The summed E-state index contributed by atoms with van der Waals surface area (Å²) < 4.78 is 130. The number of carbonyl (C=O) groups is 3. The first-order valence-corrected chi connectivity index (χ1v) is 79.4. The van der Waals surface area contributed by atoms with Gasteiger partial charge in [0.05, 0.1) is 42.4 Å². The van der Waals surface area contributed by atoms with Crippen molar-refractivity contribution in [1.82, 2.24) is 0 Å². The number of hydrogen-bond donors (Lipinski definition) is 1. The van der Waals surface area contributed by atoms with Gasteiger partial charge in [0.1, 0.15) is 67.8 Å². The Labute approximate surface area is 845 Å². The molecular formula is C108H204O20Si9. The van der Waals surface area contributed by atoms with Crippen LogP contribution in [-0.2, 0) is 94.0 Å². The molecule has 0 bridgehead atoms. The van der Waals surface area contributed by atoms with E-state index in [0.29, 0.717) is 50.2 Å². The second-order valence-electron chi connectivity index (χ2n) is 45.6. The zero-order valence-electron chi connectivity index (χ0n) is 93.3. The van der Waals surface area contributed by atoms with E-state index in [1.54, 1.807) is 0 Å². The highest BCUT2D eigenvalue weighted by atomic mass is 28.4. The fraction of sp³-hybridized carbons (Fsp3) is 0.898. The summed E-state index contributed by atoms with van der Waals surface area (Å²) in [6.45, 7) is 76.6. The Bertz CT molecular complexity index is 3820. The zero-order chi connectivity index (χ0) is 102. The van der Waals surface area contributed by atoms with E-state index in [1.807, 2.05) is 30.3 Å². The quantitative estimate of drug-likeness (QED) is 0.0211. The summed E-state index contributed by atoms with van der Waals surface area (Å²) >= 11 is 0. The molecule has 0 spiro atoms. The first kappa shape index (κ1) is 119. The molecule has 24 atom stereocenters. The van der Waals surface area contributed by atoms with Gasteiger partial charge in [-0.1, -0.05) is 270 Å². The number of fused-ring (bicyclic) bond motifs is 7. The maximum Gasteiger partial charge on any atom is 0.338 e. The van der Waals surface area contributed by atoms with Crippen molar-refractivity contribution in [2.24, 2.45) is 50.2 Å². The van der Waals surface area contributed by atoms with Gasteiger partial charge in [0.25, 0.3) is 0 Å². The SMILES string of the molecule is CC[Si](CC)(CC)OCC1O[C@@H](OC2C(O[C@@H]3OCC(O[Si](CC)(CC)CC)C(O[Si](CC)(CC)CC)C3O[Si](CC)(CC)CC)C(O[Si](CC)(CC)CC)C(C(=O)OCc3ccccc3)O[C@H]2O[C@H]2CCC3(C)C(CCC4(C)C3CC=C3C5CC(C)(C)CC[C@]5(C(=O)O)C(O[Si](CC)(CC)CC)CC34C)C2(C)C=O)C(O[Si](CC)(CC)CC)C(O[Si](CC)(CC)CC)C1O[Si](CC)(CC)CC. The number of allylic oxidation sites excluding steroid dienone is 2. The number of carbonyl (C=O) groups excluding carboxylic acids is 2. The van der Waals surface area contributed by atoms with E-state index in [2.05, 4.69) is 235 Å². The Morgan fingerprint density at radius 2 is 0.825 bits per heavy atom. The Kier molecular flexibility index (Phi) is 43.6. The first-order chi connectivity index (χ1) is 65.1. The van der Waals surface area contributed by atoms with Crippen LogP contribution in [0.3, 0.4) is 0 Å². The molecule has 3 aliphatic heterocycles. The Balaban J connectivity index is 1.39. The van der Waals surface area contributed by atoms with Crippen LogP contribution in [0.2, 0.25) is 163 Å². The number of hydrogen-bond acceptors (Lipinski definition) is 19. The minimum Gasteiger partial charge on any atom is -0.481 e. The van der Waals surface area contributed by atoms with Crippen molar-refractivity contribution in [2.75, 3.05) is 13.2 Å². The predicted octanol–water partition coefficient (Wildman–Crippen LogP) is 28.5. The van der Waals surface area contributed by atoms with E-state index in [-0.39, 0.29) is 48.4 Å². The van der Waals surface area contributed by atoms with Crippen LogP contribution in [0.5, 0.6) is 0 Å². The molecule has 0 aromatic heterocycles. The lowest BCUT2D eigenvalue weighted by Gasteiger charge is -2.72. The summed E-state index contributed by atoms with van der Waals surface area (Å²) in [7, 11) is -23.7. The zero-order valence-corrected chi connectivity index (χ0v) is 102. The summed E-state index contributed by atoms with van der Waals surface area (Å²) in [5.41, 5.74) is -1.35. The van der Waals surface area contributed by atoms with Crippen LogP contribution in [0.1, 0.15) is 292 Å². The molecule has 0 amide bonds. The molecule has 137 heavy (non-hydrogen) atoms. The molecule has 3 saturated heterocycles. The first-order valence-electron chi connectivity index (χ1n) is 56.6. The van der Waals surface area contributed by atoms with Gasteiger partial charge in [0, 0.05) is 0 Å². The van der Waals surface area contributed by atoms with Gasteiger partial charge in [-0.25, -0.2) is 4.79 Å². The number of aldehydes is 1. The normalized spacial score (nSPS) is 33.7. The summed E-state index contributed by atoms with van der Waals surface area (Å²) in [5.74, 6) is -1.66. The highest BCUT2D eigenvalue weighted by molar-refractivity contribution is 6.77. The van der Waals surface area contributed by atoms with Crippen LogP contribution < -0.4 is 0 Å². The molecule has 8 aliphatic rings. The molecule has 29 heteroatoms. The topological polar surface area (TPSA) is 219 Å². The lowest BCUT2D eigenvalue weighted by atomic mass is 9.33. The lowest BCUT2D eigenvalue weighted by Crippen LogP contribution is -2.72. The smallest absolute Gasteiger partial charge is 0.338 e. The molecule has 3 heterocycles. The largest absolute Gasteiger partial charge is 0.481 e. The van der Waals surface area contributed by atoms with Crippen molar-refractivity contribution < 1.29 is 92.5 Å². The summed E-state index contributed by atoms with van der Waals surface area (Å²) in [6, 6.07) is 33.2. The molecule has 7 fully saturated rings. The fourth-order valence-corrected chi connectivity index (χ4v) is 53.6. The minimum atomic E-state index is -3.00. The molecule has 5 aliphatic carbocycles. The molecule has 9 rings (SSSR count). The lowest BCUT2D eigenvalue weighted by molar-refractivity contribution is -0.387. The number of carboxylic acids is 1. The van der Waals surface area contributed by atoms with Crippen molar-refractivity contribution in [3.05, 3.63) is 47.5 Å². The average molecular weight is 2080 g/mol. The standard InChI is InChI=1S/C108H204O20Si9/c1-34-129(35-2,36-3)115-78-83-89(123-132(43-10,44-11)45-12)92(125-134(49-16,50-17)51-18)97(128-137(58-25,59-26)60-27)101(116-83)120-95-91(118-99-96(127-136(55-22,56-23)57-24)90(124-133(46-13,47-14)48-15)84(77-114-99)121-130(37-4,38-5)39-6)93(126-135(52-19,53-20)54-21)94(98(110)113-76-80-64-62-61-63-65-80)119-100(95)117-87-69-70-104(30)85(105(87,31)79-109)68-71-106(32)86(104)67-66-81-82-74-103(28,29)72-73-108(82,102(111)112)88(75-107(81,106)33)122-131(40-7,41-8)42-9/h61-66,79,82-97,99-101H,34-60,67-78H2,1-33H3,(H,111,112)/t82?,83?,84?,85?,86?,87-,88?,89?,90?,91?,92?,93?,94?,95?,96?,97?,99-,100+,101-,104?,105?,106?,107?,108+/m0/s1. The van der Waals surface area contributed by atoms with Gasteiger partial charge in [-0.05, 0) is 266 Å². The molecule has 1 aromatic carbocycles. The molecular weight excluding hydrogens is 1870 g/mol. The van der Waals surface area contributed by atoms with Gasteiger partial charge in [-0.15, -0.1) is 0 Å². The van der Waals surface area contributed by atoms with Crippen molar-refractivity contribution in [3.63, 3.8) is 0 Å². The molecule has 0 radical (unpaired) electrons. The second kappa shape index (κ2) is 50.0. The van der Waals surface area contributed by atoms with Crippen LogP contribution >= 0.6 is 0 Å². The number of rotatable bonds is 57. The molecule has 19 unspecified atom stereocenters. The van der Waals surface area contributed by atoms with Crippen LogP contribution in [-0.4, -0.2) is 210 Å². The number of benzene rings is 1. The summed E-state index contributed by atoms with van der Waals surface area (Å²) in [4.78, 5) is 47.6. The van der Waals surface area contributed by atoms with Crippen LogP contribution in [0.25, 0.3) is 0 Å². The van der Waals surface area contributed by atoms with E-state index in [0.717, 1.165) is 176 Å². The fourth-order valence-electron chi connectivity index (χ4n) is 28.2. The van der Waals surface area contributed by atoms with Crippen molar-refractivity contribution in [2.45, 2.75) is 554 Å². The average Bonchev–Trinajstić information content (AvgIpc) is 0.666. The number of ether oxygens (including phenoxy) is 7. The third kappa shape index (κ3) is 23.9. The van der Waals surface area contributed by atoms with Gasteiger partial charge >= 0.3 is 11.9 Å². The minimum absolute atomic E-state index is 0.0557. The highest BCUT2D eigenvalue weighted by Crippen LogP contribution is 2.77. The third-order valence-electron chi connectivity index (χ3n) is 40.8. The van der Waals surface area contributed by atoms with Crippen molar-refractivity contribution >= 4 is 93.1 Å². The summed E-state index contributed by atoms with van der Waals surface area (Å²) in [5, 5.41) is 12.1. The second-order valence-corrected chi connectivity index (χ2v) is 88.2. The molecule has 1 N–H and O–H groups in total. The Morgan fingerprint density at radius 3 is 1.28 bits per heavy atom. The molecule has 4 saturated carbocycles. The van der Waals surface area contributed by atoms with E-state index in [1.165, 1.54) is 11.9 Å². The monoisotopic (exact) mass is 2070 g/mol. The maximum atomic E-state index is 16.9. The number of carboxylic acid groups (broad SMARTS) is 1. The van der Waals surface area contributed by atoms with Crippen LogP contribution in [0.4, 0.5) is 0 Å². The van der Waals surface area contributed by atoms with Gasteiger partial charge in [-0.3, -0.25) is 4.79 Å². The van der Waals surface area contributed by atoms with Gasteiger partial charge < -0.3 is 82.9 Å². The van der Waals surface area contributed by atoms with Crippen molar-refractivity contribution in [3.8, 4) is 0 Å². The molecule has 792 valence electrons. The third-order valence-corrected chi connectivity index (χ3v) is 82.6. The van der Waals surface area contributed by atoms with Crippen LogP contribution in [0.15, 0.2) is 42.0 Å². The van der Waals surface area contributed by atoms with E-state index < -0.39 is 207 Å². The van der Waals surface area contributed by atoms with E-state index >= 15 is 9.59 Å². The van der Waals surface area contributed by atoms with E-state index in [4.69, 9.17) is 73.0 Å². The van der Waals surface area contributed by atoms with Crippen molar-refractivity contribution in [1.29, 1.82) is 0 Å². The van der Waals surface area contributed by atoms with E-state index in [9.17, 15) is 9.90 Å². The predicted molar refractivity (Wildman–Crippen MR) is 580 cm³/mol. The number of aliphatic carboxylic acids is 1. The summed E-state index contributed by atoms with van der Waals surface area (Å²) in [6.07, 6.45) is -5.66. The highest BCUT2D eigenvalue weighted by Gasteiger charge is 2.74. The Hall–Kier alpha value is -1.08. The van der Waals surface area contributed by atoms with Gasteiger partial charge in [0.2, 0.25) is 0 Å².